The van der Waals surface area contributed by atoms with Gasteiger partial charge in [0.2, 0.25) is 0 Å². The predicted octanol–water partition coefficient (Wildman–Crippen LogP) is 1.74. The van der Waals surface area contributed by atoms with Gasteiger partial charge in [-0.1, -0.05) is 13.8 Å². The molecule has 1 rings (SSSR count). The minimum Gasteiger partial charge on any atom is -0.464 e. The number of aryl methyl sites for hydroxylation is 2. The summed E-state index contributed by atoms with van der Waals surface area (Å²) in [5.74, 6) is -0.207. The second-order valence-corrected chi connectivity index (χ2v) is 3.87. The molecule has 0 aliphatic rings. The summed E-state index contributed by atoms with van der Waals surface area (Å²) in [6.07, 6.45) is 3.42. The highest BCUT2D eigenvalue weighted by molar-refractivity contribution is 5.79. The van der Waals surface area contributed by atoms with Crippen LogP contribution in [0.2, 0.25) is 0 Å². The maximum Gasteiger partial charge on any atom is 0.328 e. The molecule has 0 saturated heterocycles. The molecule has 0 amide bonds. The number of rotatable bonds is 6. The van der Waals surface area contributed by atoms with Crippen molar-refractivity contribution in [1.29, 1.82) is 0 Å². The van der Waals surface area contributed by atoms with Gasteiger partial charge in [0.05, 0.1) is 18.0 Å². The van der Waals surface area contributed by atoms with Gasteiger partial charge in [0.25, 0.3) is 0 Å². The highest BCUT2D eigenvalue weighted by Crippen LogP contribution is 2.16. The van der Waals surface area contributed by atoms with Crippen LogP contribution < -0.4 is 5.32 Å². The third-order valence-corrected chi connectivity index (χ3v) is 2.55. The van der Waals surface area contributed by atoms with Crippen molar-refractivity contribution in [3.05, 3.63) is 11.9 Å². The van der Waals surface area contributed by atoms with Gasteiger partial charge in [-0.05, 0) is 19.8 Å². The first-order valence-corrected chi connectivity index (χ1v) is 6.08. The van der Waals surface area contributed by atoms with Crippen molar-refractivity contribution in [3.63, 3.8) is 0 Å². The SMILES string of the molecule is CCOC(=O)C(CC)Nc1cn(C)nc1CC. The Morgan fingerprint density at radius 1 is 1.53 bits per heavy atom. The van der Waals surface area contributed by atoms with Crippen molar-refractivity contribution in [3.8, 4) is 0 Å². The molecule has 0 aliphatic heterocycles. The monoisotopic (exact) mass is 239 g/mol. The smallest absolute Gasteiger partial charge is 0.328 e. The van der Waals surface area contributed by atoms with Crippen molar-refractivity contribution < 1.29 is 9.53 Å². The van der Waals surface area contributed by atoms with Crippen LogP contribution in [0, 0.1) is 0 Å². The lowest BCUT2D eigenvalue weighted by molar-refractivity contribution is -0.144. The van der Waals surface area contributed by atoms with Gasteiger partial charge in [-0.25, -0.2) is 4.79 Å². The first-order valence-electron chi connectivity index (χ1n) is 6.08. The fourth-order valence-corrected chi connectivity index (χ4v) is 1.67. The van der Waals surface area contributed by atoms with Crippen molar-refractivity contribution in [2.75, 3.05) is 11.9 Å². The fourth-order valence-electron chi connectivity index (χ4n) is 1.67. The average Bonchev–Trinajstić information content (AvgIpc) is 2.66. The van der Waals surface area contributed by atoms with Crippen LogP contribution in [0.1, 0.15) is 32.9 Å². The van der Waals surface area contributed by atoms with Crippen LogP contribution in [0.15, 0.2) is 6.20 Å². The molecule has 0 spiro atoms. The minimum atomic E-state index is -0.301. The number of nitrogens with zero attached hydrogens (tertiary/aromatic N) is 2. The maximum absolute atomic E-state index is 11.7. The number of nitrogens with one attached hydrogen (secondary N) is 1. The van der Waals surface area contributed by atoms with Crippen molar-refractivity contribution >= 4 is 11.7 Å². The summed E-state index contributed by atoms with van der Waals surface area (Å²) in [6.45, 7) is 6.21. The quantitative estimate of drug-likeness (QED) is 0.768. The molecule has 0 bridgehead atoms. The van der Waals surface area contributed by atoms with Crippen LogP contribution >= 0.6 is 0 Å². The largest absolute Gasteiger partial charge is 0.464 e. The lowest BCUT2D eigenvalue weighted by Crippen LogP contribution is -2.30. The van der Waals surface area contributed by atoms with E-state index in [0.717, 1.165) is 17.8 Å². The fraction of sp³-hybridized carbons (Fsp3) is 0.667. The molecule has 0 radical (unpaired) electrons. The number of hydrogen-bond acceptors (Lipinski definition) is 4. The van der Waals surface area contributed by atoms with Crippen molar-refractivity contribution in [2.24, 2.45) is 7.05 Å². The molecule has 0 saturated carbocycles. The number of aromatic nitrogens is 2. The van der Waals surface area contributed by atoms with E-state index in [2.05, 4.69) is 10.4 Å². The predicted molar refractivity (Wildman–Crippen MR) is 66.9 cm³/mol. The lowest BCUT2D eigenvalue weighted by Gasteiger charge is -2.16. The maximum atomic E-state index is 11.7. The third-order valence-electron chi connectivity index (χ3n) is 2.55. The first-order chi connectivity index (χ1) is 8.12. The van der Waals surface area contributed by atoms with E-state index in [1.807, 2.05) is 34.0 Å². The molecule has 1 aromatic heterocycles. The van der Waals surface area contributed by atoms with Gasteiger partial charge in [-0.3, -0.25) is 4.68 Å². The second kappa shape index (κ2) is 6.27. The highest BCUT2D eigenvalue weighted by atomic mass is 16.5. The Morgan fingerprint density at radius 2 is 2.24 bits per heavy atom. The highest BCUT2D eigenvalue weighted by Gasteiger charge is 2.19. The van der Waals surface area contributed by atoms with E-state index in [1.54, 1.807) is 4.68 Å². The van der Waals surface area contributed by atoms with Gasteiger partial charge in [-0.2, -0.15) is 5.10 Å². The molecule has 5 nitrogen and oxygen atoms in total. The molecular weight excluding hydrogens is 218 g/mol. The van der Waals surface area contributed by atoms with E-state index in [0.29, 0.717) is 13.0 Å². The molecular formula is C12H21N3O2. The molecule has 1 N–H and O–H groups in total. The zero-order valence-electron chi connectivity index (χ0n) is 11.0. The molecule has 1 heterocycles. The van der Waals surface area contributed by atoms with Gasteiger partial charge in [0.15, 0.2) is 0 Å². The zero-order valence-corrected chi connectivity index (χ0v) is 11.0. The first kappa shape index (κ1) is 13.5. The summed E-state index contributed by atoms with van der Waals surface area (Å²) in [4.78, 5) is 11.7. The van der Waals surface area contributed by atoms with E-state index in [9.17, 15) is 4.79 Å². The Morgan fingerprint density at radius 3 is 2.76 bits per heavy atom. The Balaban J connectivity index is 2.76. The van der Waals surface area contributed by atoms with E-state index >= 15 is 0 Å². The van der Waals surface area contributed by atoms with Gasteiger partial charge < -0.3 is 10.1 Å². The average molecular weight is 239 g/mol. The summed E-state index contributed by atoms with van der Waals surface area (Å²) in [5.41, 5.74) is 1.88. The summed E-state index contributed by atoms with van der Waals surface area (Å²) in [7, 11) is 1.87. The molecule has 0 aromatic carbocycles. The number of hydrogen-bond donors (Lipinski definition) is 1. The Hall–Kier alpha value is -1.52. The Labute approximate surface area is 102 Å². The molecule has 0 aliphatic carbocycles. The molecule has 1 aromatic rings. The summed E-state index contributed by atoms with van der Waals surface area (Å²) >= 11 is 0. The number of ether oxygens (including phenoxy) is 1. The lowest BCUT2D eigenvalue weighted by atomic mass is 10.2. The standard InChI is InChI=1S/C12H21N3O2/c1-5-9-11(8-15(4)14-9)13-10(6-2)12(16)17-7-3/h8,10,13H,5-7H2,1-4H3. The molecule has 0 fully saturated rings. The second-order valence-electron chi connectivity index (χ2n) is 3.87. The van der Waals surface area contributed by atoms with E-state index in [1.165, 1.54) is 0 Å². The van der Waals surface area contributed by atoms with Crippen molar-refractivity contribution in [1.82, 2.24) is 9.78 Å². The topological polar surface area (TPSA) is 56.1 Å². The van der Waals surface area contributed by atoms with Crippen LogP contribution in [0.25, 0.3) is 0 Å². The zero-order chi connectivity index (χ0) is 12.8. The third kappa shape index (κ3) is 3.47. The van der Waals surface area contributed by atoms with Gasteiger partial charge >= 0.3 is 5.97 Å². The molecule has 1 atom stereocenters. The number of carbonyl (C=O) groups is 1. The van der Waals surface area contributed by atoms with Crippen molar-refractivity contribution in [2.45, 2.75) is 39.7 Å². The minimum absolute atomic E-state index is 0.207. The van der Waals surface area contributed by atoms with Crippen LogP contribution in [0.4, 0.5) is 5.69 Å². The van der Waals surface area contributed by atoms with E-state index in [4.69, 9.17) is 4.74 Å². The van der Waals surface area contributed by atoms with E-state index in [-0.39, 0.29) is 12.0 Å². The van der Waals surface area contributed by atoms with Crippen LogP contribution in [0.3, 0.4) is 0 Å². The molecule has 5 heteroatoms. The summed E-state index contributed by atoms with van der Waals surface area (Å²) in [5, 5.41) is 7.52. The van der Waals surface area contributed by atoms with E-state index < -0.39 is 0 Å². The Kier molecular flexibility index (Phi) is 5.00. The van der Waals surface area contributed by atoms with Crippen LogP contribution in [-0.4, -0.2) is 28.4 Å². The van der Waals surface area contributed by atoms with Crippen LogP contribution in [0.5, 0.6) is 0 Å². The Bertz CT molecular complexity index is 374. The van der Waals surface area contributed by atoms with Crippen LogP contribution in [-0.2, 0) is 23.0 Å². The number of anilines is 1. The molecule has 17 heavy (non-hydrogen) atoms. The number of esters is 1. The van der Waals surface area contributed by atoms with Gasteiger partial charge in [-0.15, -0.1) is 0 Å². The molecule has 1 unspecified atom stereocenters. The van der Waals surface area contributed by atoms with Gasteiger partial charge in [0, 0.05) is 13.2 Å². The van der Waals surface area contributed by atoms with Gasteiger partial charge in [0.1, 0.15) is 6.04 Å². The molecule has 96 valence electrons. The normalized spacial score (nSPS) is 12.2. The summed E-state index contributed by atoms with van der Waals surface area (Å²) in [6, 6.07) is -0.301. The summed E-state index contributed by atoms with van der Waals surface area (Å²) < 4.78 is 6.77. The number of carbonyl (C=O) groups excluding carboxylic acids is 1.